The van der Waals surface area contributed by atoms with Crippen LogP contribution in [0.1, 0.15) is 20.8 Å². The van der Waals surface area contributed by atoms with Gasteiger partial charge in [0.1, 0.15) is 0 Å². The highest BCUT2D eigenvalue weighted by Gasteiger charge is 2.10. The van der Waals surface area contributed by atoms with Gasteiger partial charge in [0.05, 0.1) is 6.61 Å². The summed E-state index contributed by atoms with van der Waals surface area (Å²) < 4.78 is 0. The van der Waals surface area contributed by atoms with Crippen LogP contribution in [0.25, 0.3) is 0 Å². The van der Waals surface area contributed by atoms with Gasteiger partial charge in [-0.05, 0) is 36.1 Å². The third-order valence-corrected chi connectivity index (χ3v) is 3.89. The van der Waals surface area contributed by atoms with E-state index in [-0.39, 0.29) is 19.1 Å². The van der Waals surface area contributed by atoms with Gasteiger partial charge in [-0.15, -0.1) is 11.3 Å². The quantitative estimate of drug-likeness (QED) is 0.765. The molecule has 3 N–H and O–H groups in total. The number of benzene rings is 1. The number of carbonyl (C=O) groups is 1. The van der Waals surface area contributed by atoms with Gasteiger partial charge in [-0.25, -0.2) is 0 Å². The number of nitrogens with one attached hydrogen (secondary N) is 2. The first kappa shape index (κ1) is 14.6. The van der Waals surface area contributed by atoms with Crippen LogP contribution < -0.4 is 10.6 Å². The average molecular weight is 290 g/mol. The first-order chi connectivity index (χ1) is 9.72. The maximum Gasteiger partial charge on any atom is 0.251 e. The first-order valence-electron chi connectivity index (χ1n) is 6.47. The third-order valence-electron chi connectivity index (χ3n) is 3.01. The monoisotopic (exact) mass is 290 g/mol. The molecular weight excluding hydrogens is 272 g/mol. The van der Waals surface area contributed by atoms with Crippen molar-refractivity contribution in [2.24, 2.45) is 0 Å². The predicted octanol–water partition coefficient (Wildman–Crippen LogP) is 2.39. The molecule has 0 saturated carbocycles. The topological polar surface area (TPSA) is 61.4 Å². The molecule has 0 unspecified atom stereocenters. The van der Waals surface area contributed by atoms with Gasteiger partial charge in [-0.2, -0.15) is 0 Å². The molecule has 0 aliphatic heterocycles. The number of amides is 1. The van der Waals surface area contributed by atoms with Gasteiger partial charge >= 0.3 is 0 Å². The average Bonchev–Trinajstić information content (AvgIpc) is 2.97. The second-order valence-electron chi connectivity index (χ2n) is 4.39. The van der Waals surface area contributed by atoms with E-state index in [4.69, 9.17) is 5.11 Å². The summed E-state index contributed by atoms with van der Waals surface area (Å²) in [6.45, 7) is 2.89. The summed E-state index contributed by atoms with van der Waals surface area (Å²) in [5.74, 6) is -0.156. The van der Waals surface area contributed by atoms with Crippen LogP contribution in [0, 0.1) is 6.92 Å². The van der Waals surface area contributed by atoms with E-state index in [0.717, 1.165) is 17.8 Å². The van der Waals surface area contributed by atoms with Crippen LogP contribution in [-0.2, 0) is 6.54 Å². The van der Waals surface area contributed by atoms with Gasteiger partial charge < -0.3 is 15.7 Å². The molecule has 2 aromatic rings. The fraction of sp³-hybridized carbons (Fsp3) is 0.267. The summed E-state index contributed by atoms with van der Waals surface area (Å²) in [7, 11) is 0. The number of carbonyl (C=O) groups excluding carboxylic acids is 1. The standard InChI is InChI=1S/C15H18N2O2S/c1-11-13(15(19)16-7-8-18)5-2-6-14(11)17-10-12-4-3-9-20-12/h2-6,9,17-18H,7-8,10H2,1H3,(H,16,19). The first-order valence-corrected chi connectivity index (χ1v) is 7.35. The molecule has 0 aliphatic carbocycles. The van der Waals surface area contributed by atoms with Crippen LogP contribution in [0.15, 0.2) is 35.7 Å². The Hall–Kier alpha value is -1.85. The lowest BCUT2D eigenvalue weighted by molar-refractivity contribution is 0.0944. The fourth-order valence-electron chi connectivity index (χ4n) is 1.93. The van der Waals surface area contributed by atoms with Crippen molar-refractivity contribution < 1.29 is 9.90 Å². The second-order valence-corrected chi connectivity index (χ2v) is 5.42. The maximum absolute atomic E-state index is 12.0. The minimum Gasteiger partial charge on any atom is -0.395 e. The van der Waals surface area contributed by atoms with Crippen LogP contribution in [0.4, 0.5) is 5.69 Å². The van der Waals surface area contributed by atoms with Crippen LogP contribution in [0.5, 0.6) is 0 Å². The van der Waals surface area contributed by atoms with Crippen molar-refractivity contribution in [3.63, 3.8) is 0 Å². The van der Waals surface area contributed by atoms with E-state index in [0.29, 0.717) is 5.56 Å². The van der Waals surface area contributed by atoms with E-state index in [1.807, 2.05) is 30.5 Å². The number of thiophene rings is 1. The smallest absolute Gasteiger partial charge is 0.251 e. The van der Waals surface area contributed by atoms with Crippen molar-refractivity contribution in [3.8, 4) is 0 Å². The highest BCUT2D eigenvalue weighted by atomic mass is 32.1. The molecule has 1 aromatic heterocycles. The number of anilines is 1. The van der Waals surface area contributed by atoms with Gasteiger partial charge in [0.2, 0.25) is 0 Å². The summed E-state index contributed by atoms with van der Waals surface area (Å²) >= 11 is 1.70. The molecule has 0 fully saturated rings. The maximum atomic E-state index is 12.0. The number of rotatable bonds is 6. The number of hydrogen-bond donors (Lipinski definition) is 3. The second kappa shape index (κ2) is 7.07. The van der Waals surface area contributed by atoms with E-state index in [1.165, 1.54) is 4.88 Å². The van der Waals surface area contributed by atoms with Crippen molar-refractivity contribution >= 4 is 22.9 Å². The summed E-state index contributed by atoms with van der Waals surface area (Å²) in [6, 6.07) is 9.71. The zero-order chi connectivity index (χ0) is 14.4. The minimum atomic E-state index is -0.156. The molecule has 1 heterocycles. The summed E-state index contributed by atoms with van der Waals surface area (Å²) in [5, 5.41) is 16.8. The highest BCUT2D eigenvalue weighted by molar-refractivity contribution is 7.09. The van der Waals surface area contributed by atoms with Crippen molar-refractivity contribution in [3.05, 3.63) is 51.7 Å². The molecule has 0 radical (unpaired) electrons. The van der Waals surface area contributed by atoms with Crippen molar-refractivity contribution in [2.45, 2.75) is 13.5 Å². The van der Waals surface area contributed by atoms with E-state index < -0.39 is 0 Å². The molecule has 0 saturated heterocycles. The van der Waals surface area contributed by atoms with E-state index in [9.17, 15) is 4.79 Å². The minimum absolute atomic E-state index is 0.0545. The molecule has 0 aliphatic rings. The fourth-order valence-corrected chi connectivity index (χ4v) is 2.58. The molecule has 1 amide bonds. The Kier molecular flexibility index (Phi) is 5.15. The molecule has 20 heavy (non-hydrogen) atoms. The Balaban J connectivity index is 2.08. The van der Waals surface area contributed by atoms with Crippen molar-refractivity contribution in [1.82, 2.24) is 5.32 Å². The molecule has 0 spiro atoms. The van der Waals surface area contributed by atoms with Gasteiger partial charge in [0.15, 0.2) is 0 Å². The van der Waals surface area contributed by atoms with Crippen LogP contribution >= 0.6 is 11.3 Å². The third kappa shape index (κ3) is 3.59. The summed E-state index contributed by atoms with van der Waals surface area (Å²) in [6.07, 6.45) is 0. The van der Waals surface area contributed by atoms with Gasteiger partial charge in [-0.1, -0.05) is 12.1 Å². The van der Waals surface area contributed by atoms with Crippen LogP contribution in [0.3, 0.4) is 0 Å². The predicted molar refractivity (Wildman–Crippen MR) is 82.2 cm³/mol. The largest absolute Gasteiger partial charge is 0.395 e. The molecule has 5 heteroatoms. The Morgan fingerprint density at radius 1 is 1.30 bits per heavy atom. The van der Waals surface area contributed by atoms with E-state index in [2.05, 4.69) is 16.7 Å². The lowest BCUT2D eigenvalue weighted by Gasteiger charge is -2.12. The molecule has 106 valence electrons. The molecule has 4 nitrogen and oxygen atoms in total. The highest BCUT2D eigenvalue weighted by Crippen LogP contribution is 2.20. The SMILES string of the molecule is Cc1c(NCc2cccs2)cccc1C(=O)NCCO. The Morgan fingerprint density at radius 2 is 2.15 bits per heavy atom. The van der Waals surface area contributed by atoms with Crippen LogP contribution in [0.2, 0.25) is 0 Å². The normalized spacial score (nSPS) is 10.3. The number of aliphatic hydroxyl groups is 1. The lowest BCUT2D eigenvalue weighted by Crippen LogP contribution is -2.27. The van der Waals surface area contributed by atoms with Gasteiger partial charge in [-0.3, -0.25) is 4.79 Å². The van der Waals surface area contributed by atoms with Crippen LogP contribution in [-0.4, -0.2) is 24.2 Å². The van der Waals surface area contributed by atoms with E-state index in [1.54, 1.807) is 17.4 Å². The van der Waals surface area contributed by atoms with Crippen molar-refractivity contribution in [2.75, 3.05) is 18.5 Å². The Labute approximate surface area is 122 Å². The zero-order valence-electron chi connectivity index (χ0n) is 11.3. The van der Waals surface area contributed by atoms with E-state index >= 15 is 0 Å². The summed E-state index contributed by atoms with van der Waals surface area (Å²) in [4.78, 5) is 13.2. The van der Waals surface area contributed by atoms with Crippen molar-refractivity contribution in [1.29, 1.82) is 0 Å². The number of aliphatic hydroxyl groups excluding tert-OH is 1. The zero-order valence-corrected chi connectivity index (χ0v) is 12.2. The molecule has 1 aromatic carbocycles. The van der Waals surface area contributed by atoms with Gasteiger partial charge in [0.25, 0.3) is 5.91 Å². The Bertz CT molecular complexity index is 567. The molecular formula is C15H18N2O2S. The number of hydrogen-bond acceptors (Lipinski definition) is 4. The molecule has 0 atom stereocenters. The van der Waals surface area contributed by atoms with Gasteiger partial charge in [0, 0.05) is 29.2 Å². The molecule has 2 rings (SSSR count). The Morgan fingerprint density at radius 3 is 2.85 bits per heavy atom. The molecule has 0 bridgehead atoms. The summed E-state index contributed by atoms with van der Waals surface area (Å²) in [5.41, 5.74) is 2.50. The lowest BCUT2D eigenvalue weighted by atomic mass is 10.1.